The van der Waals surface area contributed by atoms with E-state index < -0.39 is 0 Å². The molecule has 1 aliphatic heterocycles. The fraction of sp³-hybridized carbons (Fsp3) is 0.909. The molecule has 1 saturated carbocycles. The van der Waals surface area contributed by atoms with Crippen molar-refractivity contribution < 1.29 is 9.53 Å². The number of piperidine rings is 1. The first-order chi connectivity index (χ1) is 6.77. The van der Waals surface area contributed by atoms with Gasteiger partial charge in [0.1, 0.15) is 6.10 Å². The first kappa shape index (κ1) is 9.97. The summed E-state index contributed by atoms with van der Waals surface area (Å²) in [6, 6.07) is 0.599. The first-order valence-electron chi connectivity index (χ1n) is 5.68. The average Bonchev–Trinajstić information content (AvgIpc) is 2.18. The van der Waals surface area contributed by atoms with Gasteiger partial charge in [0.2, 0.25) is 0 Å². The van der Waals surface area contributed by atoms with E-state index in [0.717, 1.165) is 13.0 Å². The van der Waals surface area contributed by atoms with Crippen molar-refractivity contribution >= 4 is 5.97 Å². The molecule has 2 fully saturated rings. The number of hydrogen-bond acceptors (Lipinski definition) is 3. The zero-order valence-electron chi connectivity index (χ0n) is 8.79. The van der Waals surface area contributed by atoms with Crippen molar-refractivity contribution in [2.75, 3.05) is 6.54 Å². The number of rotatable bonds is 1. The van der Waals surface area contributed by atoms with Crippen molar-refractivity contribution in [1.29, 1.82) is 0 Å². The fourth-order valence-corrected chi connectivity index (χ4v) is 2.84. The van der Waals surface area contributed by atoms with Crippen molar-refractivity contribution in [2.24, 2.45) is 5.92 Å². The van der Waals surface area contributed by atoms with Crippen LogP contribution in [0.25, 0.3) is 0 Å². The Hall–Kier alpha value is -0.570. The maximum Gasteiger partial charge on any atom is 0.302 e. The lowest BCUT2D eigenvalue weighted by molar-refractivity contribution is -0.152. The van der Waals surface area contributed by atoms with Crippen LogP contribution in [0.1, 0.15) is 39.0 Å². The number of carbonyl (C=O) groups excluding carboxylic acids is 1. The summed E-state index contributed by atoms with van der Waals surface area (Å²) in [5, 5.41) is 3.53. The predicted molar refractivity (Wildman–Crippen MR) is 53.9 cm³/mol. The van der Waals surface area contributed by atoms with Crippen LogP contribution in [0.15, 0.2) is 0 Å². The minimum absolute atomic E-state index is 0.124. The van der Waals surface area contributed by atoms with Crippen LogP contribution in [0, 0.1) is 5.92 Å². The van der Waals surface area contributed by atoms with Crippen molar-refractivity contribution in [1.82, 2.24) is 5.32 Å². The smallest absolute Gasteiger partial charge is 0.302 e. The van der Waals surface area contributed by atoms with Gasteiger partial charge >= 0.3 is 5.97 Å². The number of ether oxygens (including phenoxy) is 1. The van der Waals surface area contributed by atoms with Gasteiger partial charge in [-0.2, -0.15) is 0 Å². The van der Waals surface area contributed by atoms with E-state index in [1.165, 1.54) is 32.6 Å². The Morgan fingerprint density at radius 2 is 2.07 bits per heavy atom. The molecule has 3 nitrogen and oxygen atoms in total. The van der Waals surface area contributed by atoms with E-state index in [0.29, 0.717) is 12.0 Å². The van der Waals surface area contributed by atoms with Crippen molar-refractivity contribution in [2.45, 2.75) is 51.2 Å². The molecule has 3 heteroatoms. The van der Waals surface area contributed by atoms with Crippen LogP contribution in [-0.4, -0.2) is 24.7 Å². The van der Waals surface area contributed by atoms with Crippen LogP contribution >= 0.6 is 0 Å². The third-order valence-corrected chi connectivity index (χ3v) is 3.45. The summed E-state index contributed by atoms with van der Waals surface area (Å²) in [5.41, 5.74) is 0. The highest BCUT2D eigenvalue weighted by Gasteiger charge is 2.36. The Bertz CT molecular complexity index is 215. The Morgan fingerprint density at radius 3 is 2.86 bits per heavy atom. The zero-order chi connectivity index (χ0) is 9.97. The van der Waals surface area contributed by atoms with Gasteiger partial charge in [-0.25, -0.2) is 0 Å². The molecule has 0 bridgehead atoms. The molecule has 0 aromatic rings. The second kappa shape index (κ2) is 4.30. The monoisotopic (exact) mass is 197 g/mol. The lowest BCUT2D eigenvalue weighted by Gasteiger charge is -2.41. The van der Waals surface area contributed by atoms with Crippen molar-refractivity contribution in [3.8, 4) is 0 Å². The molecule has 2 aliphatic rings. The molecule has 1 aliphatic carbocycles. The molecule has 14 heavy (non-hydrogen) atoms. The van der Waals surface area contributed by atoms with Gasteiger partial charge in [-0.3, -0.25) is 4.79 Å². The van der Waals surface area contributed by atoms with Crippen molar-refractivity contribution in [3.05, 3.63) is 0 Å². The summed E-state index contributed by atoms with van der Waals surface area (Å²) < 4.78 is 5.38. The van der Waals surface area contributed by atoms with Crippen LogP contribution < -0.4 is 5.32 Å². The third-order valence-electron chi connectivity index (χ3n) is 3.45. The topological polar surface area (TPSA) is 38.3 Å². The number of fused-ring (bicyclic) bond motifs is 1. The molecule has 80 valence electrons. The SMILES string of the molecule is CC(=O)O[C@H]1CCN[C@H]2CCCC[C@@H]21. The van der Waals surface area contributed by atoms with Gasteiger partial charge in [0.05, 0.1) is 0 Å². The molecule has 1 N–H and O–H groups in total. The van der Waals surface area contributed by atoms with E-state index in [-0.39, 0.29) is 12.1 Å². The molecule has 1 heterocycles. The summed E-state index contributed by atoms with van der Waals surface area (Å²) in [5.74, 6) is 0.447. The number of esters is 1. The van der Waals surface area contributed by atoms with Gasteiger partial charge in [0.25, 0.3) is 0 Å². The van der Waals surface area contributed by atoms with E-state index in [9.17, 15) is 4.79 Å². The minimum Gasteiger partial charge on any atom is -0.462 e. The van der Waals surface area contributed by atoms with Crippen LogP contribution in [0.2, 0.25) is 0 Å². The Labute approximate surface area is 85.2 Å². The number of nitrogens with one attached hydrogen (secondary N) is 1. The van der Waals surface area contributed by atoms with Gasteiger partial charge in [0, 0.05) is 18.9 Å². The summed E-state index contributed by atoms with van der Waals surface area (Å²) in [4.78, 5) is 10.9. The highest BCUT2D eigenvalue weighted by atomic mass is 16.5. The maximum absolute atomic E-state index is 10.9. The maximum atomic E-state index is 10.9. The minimum atomic E-state index is -0.124. The predicted octanol–water partition coefficient (Wildman–Crippen LogP) is 1.47. The molecule has 0 aromatic heterocycles. The summed E-state index contributed by atoms with van der Waals surface area (Å²) in [7, 11) is 0. The average molecular weight is 197 g/mol. The third kappa shape index (κ3) is 2.08. The van der Waals surface area contributed by atoms with Gasteiger partial charge in [-0.1, -0.05) is 12.8 Å². The number of carbonyl (C=O) groups is 1. The number of hydrogen-bond donors (Lipinski definition) is 1. The van der Waals surface area contributed by atoms with Crippen LogP contribution in [0.5, 0.6) is 0 Å². The molecule has 2 rings (SSSR count). The van der Waals surface area contributed by atoms with Crippen LogP contribution in [0.3, 0.4) is 0 Å². The van der Waals surface area contributed by atoms with E-state index in [4.69, 9.17) is 4.74 Å². The molecule has 1 saturated heterocycles. The summed E-state index contributed by atoms with van der Waals surface area (Å²) in [6.45, 7) is 2.51. The molecule has 0 aromatic carbocycles. The molecular weight excluding hydrogens is 178 g/mol. The first-order valence-corrected chi connectivity index (χ1v) is 5.68. The van der Waals surface area contributed by atoms with E-state index in [1.807, 2.05) is 0 Å². The standard InChI is InChI=1S/C11H19NO2/c1-8(13)14-11-6-7-12-10-5-3-2-4-9(10)11/h9-12H,2-7H2,1H3/t9-,10-,11-/m0/s1. The van der Waals surface area contributed by atoms with Crippen molar-refractivity contribution in [3.63, 3.8) is 0 Å². The highest BCUT2D eigenvalue weighted by Crippen LogP contribution is 2.32. The van der Waals surface area contributed by atoms with Gasteiger partial charge in [-0.05, 0) is 25.8 Å². The quantitative estimate of drug-likeness (QED) is 0.647. The zero-order valence-corrected chi connectivity index (χ0v) is 8.79. The highest BCUT2D eigenvalue weighted by molar-refractivity contribution is 5.66. The van der Waals surface area contributed by atoms with E-state index in [1.54, 1.807) is 0 Å². The summed E-state index contributed by atoms with van der Waals surface area (Å²) in [6.07, 6.45) is 6.25. The molecular formula is C11H19NO2. The normalized spacial score (nSPS) is 37.4. The Balaban J connectivity index is 1.97. The van der Waals surface area contributed by atoms with Crippen LogP contribution in [-0.2, 0) is 9.53 Å². The largest absolute Gasteiger partial charge is 0.462 e. The van der Waals surface area contributed by atoms with E-state index >= 15 is 0 Å². The molecule has 0 spiro atoms. The molecule has 0 unspecified atom stereocenters. The molecule has 3 atom stereocenters. The van der Waals surface area contributed by atoms with Gasteiger partial charge in [0.15, 0.2) is 0 Å². The van der Waals surface area contributed by atoms with Gasteiger partial charge in [-0.15, -0.1) is 0 Å². The Morgan fingerprint density at radius 1 is 1.29 bits per heavy atom. The Kier molecular flexibility index (Phi) is 3.06. The lowest BCUT2D eigenvalue weighted by Crippen LogP contribution is -2.51. The lowest BCUT2D eigenvalue weighted by atomic mass is 9.78. The molecule has 0 amide bonds. The van der Waals surface area contributed by atoms with Gasteiger partial charge < -0.3 is 10.1 Å². The van der Waals surface area contributed by atoms with Crippen LogP contribution in [0.4, 0.5) is 0 Å². The second-order valence-corrected chi connectivity index (χ2v) is 4.45. The van der Waals surface area contributed by atoms with E-state index in [2.05, 4.69) is 5.32 Å². The fourth-order valence-electron chi connectivity index (χ4n) is 2.84. The second-order valence-electron chi connectivity index (χ2n) is 4.45. The molecule has 0 radical (unpaired) electrons. The summed E-state index contributed by atoms with van der Waals surface area (Å²) >= 11 is 0.